The van der Waals surface area contributed by atoms with Gasteiger partial charge in [0, 0.05) is 37.2 Å². The van der Waals surface area contributed by atoms with Crippen molar-refractivity contribution in [1.29, 1.82) is 0 Å². The molecule has 4 heteroatoms. The lowest BCUT2D eigenvalue weighted by Crippen LogP contribution is -2.33. The Balaban J connectivity index is 1.46. The molecule has 1 aliphatic rings. The second kappa shape index (κ2) is 6.85. The molecule has 0 atom stereocenters. The molecule has 4 nitrogen and oxygen atoms in total. The molecule has 2 aromatic heterocycles. The summed E-state index contributed by atoms with van der Waals surface area (Å²) in [6.45, 7) is 6.53. The monoisotopic (exact) mass is 284 g/mol. The molecule has 112 valence electrons. The van der Waals surface area contributed by atoms with Crippen LogP contribution < -0.4 is 0 Å². The molecular weight excluding hydrogens is 260 g/mol. The van der Waals surface area contributed by atoms with Gasteiger partial charge in [0.25, 0.3) is 0 Å². The van der Waals surface area contributed by atoms with Crippen LogP contribution in [0.3, 0.4) is 0 Å². The number of hydrogen-bond donors (Lipinski definition) is 0. The molecule has 0 spiro atoms. The Kier molecular flexibility index (Phi) is 4.65. The highest BCUT2D eigenvalue weighted by atomic mass is 15.3. The SMILES string of the molecule is CCn1cc(CN2CCC(Cc3ccncc3)CC2)cn1. The average Bonchev–Trinajstić information content (AvgIpc) is 2.98. The molecule has 0 unspecified atom stereocenters. The van der Waals surface area contributed by atoms with Gasteiger partial charge in [0.1, 0.15) is 0 Å². The Bertz CT molecular complexity index is 541. The lowest BCUT2D eigenvalue weighted by atomic mass is 9.90. The van der Waals surface area contributed by atoms with E-state index in [2.05, 4.69) is 40.2 Å². The first-order valence-electron chi connectivity index (χ1n) is 7.96. The summed E-state index contributed by atoms with van der Waals surface area (Å²) in [5.41, 5.74) is 2.76. The van der Waals surface area contributed by atoms with Crippen LogP contribution >= 0.6 is 0 Å². The highest BCUT2D eigenvalue weighted by Crippen LogP contribution is 2.22. The number of nitrogens with zero attached hydrogens (tertiary/aromatic N) is 4. The molecule has 2 aromatic rings. The van der Waals surface area contributed by atoms with Crippen molar-refractivity contribution in [2.24, 2.45) is 5.92 Å². The lowest BCUT2D eigenvalue weighted by molar-refractivity contribution is 0.177. The number of pyridine rings is 1. The van der Waals surface area contributed by atoms with Crippen molar-refractivity contribution in [3.05, 3.63) is 48.0 Å². The van der Waals surface area contributed by atoms with Crippen LogP contribution in [0.5, 0.6) is 0 Å². The average molecular weight is 284 g/mol. The Morgan fingerprint density at radius 2 is 1.90 bits per heavy atom. The molecule has 0 saturated carbocycles. The Morgan fingerprint density at radius 1 is 1.14 bits per heavy atom. The zero-order valence-electron chi connectivity index (χ0n) is 12.8. The Morgan fingerprint density at radius 3 is 2.57 bits per heavy atom. The normalized spacial score (nSPS) is 17.2. The summed E-state index contributed by atoms with van der Waals surface area (Å²) < 4.78 is 2.01. The second-order valence-corrected chi connectivity index (χ2v) is 5.98. The highest BCUT2D eigenvalue weighted by Gasteiger charge is 2.19. The van der Waals surface area contributed by atoms with Crippen molar-refractivity contribution >= 4 is 0 Å². The summed E-state index contributed by atoms with van der Waals surface area (Å²) >= 11 is 0. The smallest absolute Gasteiger partial charge is 0.0534 e. The maximum Gasteiger partial charge on any atom is 0.0534 e. The highest BCUT2D eigenvalue weighted by molar-refractivity contribution is 5.10. The van der Waals surface area contributed by atoms with E-state index in [-0.39, 0.29) is 0 Å². The zero-order chi connectivity index (χ0) is 14.5. The van der Waals surface area contributed by atoms with Gasteiger partial charge in [-0.15, -0.1) is 0 Å². The van der Waals surface area contributed by atoms with Crippen LogP contribution in [0.25, 0.3) is 0 Å². The quantitative estimate of drug-likeness (QED) is 0.846. The number of hydrogen-bond acceptors (Lipinski definition) is 3. The van der Waals surface area contributed by atoms with E-state index in [0.29, 0.717) is 0 Å². The van der Waals surface area contributed by atoms with Crippen molar-refractivity contribution in [2.45, 2.75) is 39.3 Å². The van der Waals surface area contributed by atoms with Gasteiger partial charge in [0.15, 0.2) is 0 Å². The van der Waals surface area contributed by atoms with Crippen LogP contribution in [0, 0.1) is 5.92 Å². The van der Waals surface area contributed by atoms with Crippen LogP contribution in [0.2, 0.25) is 0 Å². The third-order valence-electron chi connectivity index (χ3n) is 4.40. The van der Waals surface area contributed by atoms with E-state index in [1.165, 1.54) is 43.5 Å². The minimum atomic E-state index is 0.821. The van der Waals surface area contributed by atoms with Gasteiger partial charge in [-0.1, -0.05) is 0 Å². The van der Waals surface area contributed by atoms with E-state index >= 15 is 0 Å². The number of aromatic nitrogens is 3. The van der Waals surface area contributed by atoms with E-state index in [1.807, 2.05) is 23.3 Å². The van der Waals surface area contributed by atoms with Gasteiger partial charge in [-0.05, 0) is 62.9 Å². The van der Waals surface area contributed by atoms with Crippen LogP contribution in [-0.2, 0) is 19.5 Å². The van der Waals surface area contributed by atoms with E-state index in [4.69, 9.17) is 0 Å². The third-order valence-corrected chi connectivity index (χ3v) is 4.40. The van der Waals surface area contributed by atoms with Gasteiger partial charge in [-0.3, -0.25) is 14.6 Å². The van der Waals surface area contributed by atoms with Gasteiger partial charge >= 0.3 is 0 Å². The summed E-state index contributed by atoms with van der Waals surface area (Å²) in [7, 11) is 0. The maximum atomic E-state index is 4.36. The largest absolute Gasteiger partial charge is 0.299 e. The van der Waals surface area contributed by atoms with Crippen molar-refractivity contribution in [2.75, 3.05) is 13.1 Å². The molecule has 0 radical (unpaired) electrons. The van der Waals surface area contributed by atoms with Crippen LogP contribution in [0.1, 0.15) is 30.9 Å². The molecular formula is C17H24N4. The number of piperidine rings is 1. The molecule has 0 bridgehead atoms. The predicted octanol–water partition coefficient (Wildman–Crippen LogP) is 2.75. The molecule has 0 amide bonds. The molecule has 1 fully saturated rings. The standard InChI is InChI=1S/C17H24N4/c1-2-21-14-17(12-19-21)13-20-9-5-16(6-10-20)11-15-3-7-18-8-4-15/h3-4,7-8,12,14,16H,2,5-6,9-11,13H2,1H3. The number of likely N-dealkylation sites (tertiary alicyclic amines) is 1. The predicted molar refractivity (Wildman–Crippen MR) is 83.8 cm³/mol. The van der Waals surface area contributed by atoms with Crippen molar-refractivity contribution in [3.8, 4) is 0 Å². The van der Waals surface area contributed by atoms with Gasteiger partial charge in [0.05, 0.1) is 6.20 Å². The summed E-state index contributed by atoms with van der Waals surface area (Å²) in [6, 6.07) is 4.29. The first-order valence-corrected chi connectivity index (χ1v) is 7.96. The molecule has 21 heavy (non-hydrogen) atoms. The summed E-state index contributed by atoms with van der Waals surface area (Å²) in [5, 5.41) is 4.36. The first-order chi connectivity index (χ1) is 10.3. The third kappa shape index (κ3) is 3.91. The topological polar surface area (TPSA) is 34.0 Å². The van der Waals surface area contributed by atoms with E-state index in [0.717, 1.165) is 19.0 Å². The van der Waals surface area contributed by atoms with Crippen LogP contribution in [-0.4, -0.2) is 32.8 Å². The molecule has 3 rings (SSSR count). The van der Waals surface area contributed by atoms with Crippen molar-refractivity contribution in [3.63, 3.8) is 0 Å². The minimum absolute atomic E-state index is 0.821. The Hall–Kier alpha value is -1.68. The van der Waals surface area contributed by atoms with Gasteiger partial charge in [0.2, 0.25) is 0 Å². The maximum absolute atomic E-state index is 4.36. The fourth-order valence-electron chi connectivity index (χ4n) is 3.12. The lowest BCUT2D eigenvalue weighted by Gasteiger charge is -2.31. The molecule has 1 aliphatic heterocycles. The molecule has 3 heterocycles. The fourth-order valence-corrected chi connectivity index (χ4v) is 3.12. The number of rotatable bonds is 5. The minimum Gasteiger partial charge on any atom is -0.299 e. The van der Waals surface area contributed by atoms with Crippen molar-refractivity contribution < 1.29 is 0 Å². The molecule has 0 aromatic carbocycles. The van der Waals surface area contributed by atoms with E-state index < -0.39 is 0 Å². The van der Waals surface area contributed by atoms with Crippen LogP contribution in [0.4, 0.5) is 0 Å². The first kappa shape index (κ1) is 14.3. The molecule has 0 aliphatic carbocycles. The van der Waals surface area contributed by atoms with E-state index in [1.54, 1.807) is 0 Å². The summed E-state index contributed by atoms with van der Waals surface area (Å²) in [5.74, 6) is 0.821. The Labute approximate surface area is 126 Å². The van der Waals surface area contributed by atoms with E-state index in [9.17, 15) is 0 Å². The summed E-state index contributed by atoms with van der Waals surface area (Å²) in [4.78, 5) is 6.65. The molecule has 0 N–H and O–H groups in total. The fraction of sp³-hybridized carbons (Fsp3) is 0.529. The van der Waals surface area contributed by atoms with Gasteiger partial charge in [-0.25, -0.2) is 0 Å². The van der Waals surface area contributed by atoms with Crippen LogP contribution in [0.15, 0.2) is 36.9 Å². The van der Waals surface area contributed by atoms with Crippen molar-refractivity contribution in [1.82, 2.24) is 19.7 Å². The summed E-state index contributed by atoms with van der Waals surface area (Å²) in [6.07, 6.45) is 11.8. The zero-order valence-corrected chi connectivity index (χ0v) is 12.8. The molecule has 1 saturated heterocycles. The van der Waals surface area contributed by atoms with Gasteiger partial charge < -0.3 is 0 Å². The number of aryl methyl sites for hydroxylation is 1. The second-order valence-electron chi connectivity index (χ2n) is 5.98. The van der Waals surface area contributed by atoms with Gasteiger partial charge in [-0.2, -0.15) is 5.10 Å².